The van der Waals surface area contributed by atoms with Crippen LogP contribution in [0.3, 0.4) is 0 Å². The van der Waals surface area contributed by atoms with Crippen LogP contribution in [-0.2, 0) is 0 Å². The lowest BCUT2D eigenvalue weighted by Crippen LogP contribution is -1.99. The maximum Gasteiger partial charge on any atom is 0.125 e. The van der Waals surface area contributed by atoms with Gasteiger partial charge in [0.2, 0.25) is 0 Å². The summed E-state index contributed by atoms with van der Waals surface area (Å²) in [5, 5.41) is 8.69. The van der Waals surface area contributed by atoms with E-state index in [9.17, 15) is 0 Å². The summed E-state index contributed by atoms with van der Waals surface area (Å²) in [6, 6.07) is 18.0. The minimum Gasteiger partial charge on any atom is -0.241 e. The SMILES string of the molecule is Cc1ncc2c(n1)-c1ccccc1/C2=N/N=C/c1ccccc1. The van der Waals surface area contributed by atoms with E-state index in [-0.39, 0.29) is 0 Å². The van der Waals surface area contributed by atoms with Crippen molar-refractivity contribution in [2.24, 2.45) is 10.2 Å². The van der Waals surface area contributed by atoms with Crippen LogP contribution >= 0.6 is 0 Å². The summed E-state index contributed by atoms with van der Waals surface area (Å²) in [7, 11) is 0. The van der Waals surface area contributed by atoms with Gasteiger partial charge < -0.3 is 0 Å². The van der Waals surface area contributed by atoms with Gasteiger partial charge in [-0.05, 0) is 12.5 Å². The molecule has 0 fully saturated rings. The molecule has 23 heavy (non-hydrogen) atoms. The van der Waals surface area contributed by atoms with E-state index < -0.39 is 0 Å². The number of aromatic nitrogens is 2. The molecule has 1 heterocycles. The Labute approximate surface area is 134 Å². The molecule has 1 aromatic heterocycles. The van der Waals surface area contributed by atoms with E-state index in [1.54, 1.807) is 6.21 Å². The highest BCUT2D eigenvalue weighted by molar-refractivity contribution is 6.23. The highest BCUT2D eigenvalue weighted by Crippen LogP contribution is 2.34. The lowest BCUT2D eigenvalue weighted by Gasteiger charge is -1.99. The standard InChI is InChI=1S/C19H14N4/c1-13-20-12-17-18(22-13)15-9-5-6-10-16(15)19(17)23-21-11-14-7-3-2-4-8-14/h2-12H,1H3/b21-11+,23-19-. The van der Waals surface area contributed by atoms with E-state index in [1.165, 1.54) is 0 Å². The summed E-state index contributed by atoms with van der Waals surface area (Å²) in [5.41, 5.74) is 5.84. The molecule has 0 bridgehead atoms. The molecule has 0 saturated carbocycles. The number of rotatable bonds is 2. The van der Waals surface area contributed by atoms with Crippen molar-refractivity contribution in [1.82, 2.24) is 9.97 Å². The molecule has 0 aliphatic heterocycles. The summed E-state index contributed by atoms with van der Waals surface area (Å²) in [4.78, 5) is 8.87. The Hall–Kier alpha value is -3.14. The fraction of sp³-hybridized carbons (Fsp3) is 0.0526. The highest BCUT2D eigenvalue weighted by atomic mass is 15.2. The van der Waals surface area contributed by atoms with Crippen molar-refractivity contribution in [3.8, 4) is 11.3 Å². The highest BCUT2D eigenvalue weighted by Gasteiger charge is 2.26. The van der Waals surface area contributed by atoms with Crippen LogP contribution in [0.25, 0.3) is 11.3 Å². The quantitative estimate of drug-likeness (QED) is 0.419. The van der Waals surface area contributed by atoms with E-state index >= 15 is 0 Å². The molecule has 110 valence electrons. The van der Waals surface area contributed by atoms with Crippen LogP contribution in [0.2, 0.25) is 0 Å². The molecule has 4 nitrogen and oxygen atoms in total. The number of fused-ring (bicyclic) bond motifs is 3. The fourth-order valence-corrected chi connectivity index (χ4v) is 2.69. The molecule has 0 amide bonds. The van der Waals surface area contributed by atoms with Crippen molar-refractivity contribution in [2.45, 2.75) is 6.92 Å². The first kappa shape index (κ1) is 13.5. The van der Waals surface area contributed by atoms with Gasteiger partial charge in [-0.1, -0.05) is 54.6 Å². The normalized spacial score (nSPS) is 14.2. The summed E-state index contributed by atoms with van der Waals surface area (Å²) in [5.74, 6) is 0.757. The van der Waals surface area contributed by atoms with E-state index in [0.717, 1.165) is 39.5 Å². The topological polar surface area (TPSA) is 50.5 Å². The van der Waals surface area contributed by atoms with Crippen LogP contribution in [-0.4, -0.2) is 21.9 Å². The maximum atomic E-state index is 4.57. The second kappa shape index (κ2) is 5.57. The monoisotopic (exact) mass is 298 g/mol. The zero-order valence-corrected chi connectivity index (χ0v) is 12.6. The van der Waals surface area contributed by atoms with Crippen molar-refractivity contribution in [3.63, 3.8) is 0 Å². The Balaban J connectivity index is 1.80. The molecular formula is C19H14N4. The summed E-state index contributed by atoms with van der Waals surface area (Å²) in [6.07, 6.45) is 3.58. The Morgan fingerprint density at radius 3 is 2.43 bits per heavy atom. The lowest BCUT2D eigenvalue weighted by molar-refractivity contribution is 1.06. The zero-order valence-electron chi connectivity index (χ0n) is 12.6. The second-order valence-electron chi connectivity index (χ2n) is 5.33. The minimum atomic E-state index is 0.757. The number of nitrogens with zero attached hydrogens (tertiary/aromatic N) is 4. The number of benzene rings is 2. The van der Waals surface area contributed by atoms with Gasteiger partial charge in [-0.15, -0.1) is 5.10 Å². The predicted molar refractivity (Wildman–Crippen MR) is 91.9 cm³/mol. The first-order valence-electron chi connectivity index (χ1n) is 7.43. The summed E-state index contributed by atoms with van der Waals surface area (Å²) >= 11 is 0. The van der Waals surface area contributed by atoms with Crippen LogP contribution in [0.15, 0.2) is 71.0 Å². The van der Waals surface area contributed by atoms with Crippen LogP contribution in [0, 0.1) is 6.92 Å². The molecule has 4 rings (SSSR count). The lowest BCUT2D eigenvalue weighted by atomic mass is 10.1. The van der Waals surface area contributed by atoms with Crippen LogP contribution in [0.5, 0.6) is 0 Å². The van der Waals surface area contributed by atoms with Crippen molar-refractivity contribution >= 4 is 11.9 Å². The molecule has 0 radical (unpaired) electrons. The predicted octanol–water partition coefficient (Wildman–Crippen LogP) is 3.64. The molecule has 4 heteroatoms. The van der Waals surface area contributed by atoms with E-state index in [2.05, 4.69) is 26.2 Å². The van der Waals surface area contributed by atoms with Crippen molar-refractivity contribution in [1.29, 1.82) is 0 Å². The van der Waals surface area contributed by atoms with Crippen molar-refractivity contribution < 1.29 is 0 Å². The van der Waals surface area contributed by atoms with E-state index in [0.29, 0.717) is 0 Å². The molecule has 2 aromatic carbocycles. The maximum absolute atomic E-state index is 4.57. The molecular weight excluding hydrogens is 284 g/mol. The van der Waals surface area contributed by atoms with Gasteiger partial charge in [0, 0.05) is 22.9 Å². The molecule has 0 spiro atoms. The molecule has 0 atom stereocenters. The molecule has 0 N–H and O–H groups in total. The molecule has 0 saturated heterocycles. The Bertz CT molecular complexity index is 927. The van der Waals surface area contributed by atoms with Gasteiger partial charge in [-0.25, -0.2) is 9.97 Å². The molecule has 0 unspecified atom stereocenters. The largest absolute Gasteiger partial charge is 0.241 e. The smallest absolute Gasteiger partial charge is 0.125 e. The third kappa shape index (κ3) is 2.44. The first-order chi connectivity index (χ1) is 11.3. The van der Waals surface area contributed by atoms with E-state index in [4.69, 9.17) is 0 Å². The van der Waals surface area contributed by atoms with Crippen LogP contribution in [0.1, 0.15) is 22.5 Å². The average molecular weight is 298 g/mol. The van der Waals surface area contributed by atoms with Gasteiger partial charge in [0.1, 0.15) is 11.5 Å². The molecule has 3 aromatic rings. The van der Waals surface area contributed by atoms with Gasteiger partial charge in [0.05, 0.1) is 11.9 Å². The fourth-order valence-electron chi connectivity index (χ4n) is 2.69. The van der Waals surface area contributed by atoms with Gasteiger partial charge in [-0.2, -0.15) is 5.10 Å². The second-order valence-corrected chi connectivity index (χ2v) is 5.33. The van der Waals surface area contributed by atoms with Crippen LogP contribution < -0.4 is 0 Å². The van der Waals surface area contributed by atoms with Gasteiger partial charge in [0.25, 0.3) is 0 Å². The van der Waals surface area contributed by atoms with Gasteiger partial charge in [-0.3, -0.25) is 0 Å². The number of hydrogen-bond acceptors (Lipinski definition) is 4. The zero-order chi connectivity index (χ0) is 15.6. The Kier molecular flexibility index (Phi) is 3.27. The first-order valence-corrected chi connectivity index (χ1v) is 7.43. The summed E-state index contributed by atoms with van der Waals surface area (Å²) in [6.45, 7) is 1.89. The van der Waals surface area contributed by atoms with Gasteiger partial charge >= 0.3 is 0 Å². The van der Waals surface area contributed by atoms with Crippen LogP contribution in [0.4, 0.5) is 0 Å². The Morgan fingerprint density at radius 1 is 0.870 bits per heavy atom. The average Bonchev–Trinajstić information content (AvgIpc) is 2.90. The summed E-state index contributed by atoms with van der Waals surface area (Å²) < 4.78 is 0. The van der Waals surface area contributed by atoms with Gasteiger partial charge in [0.15, 0.2) is 0 Å². The molecule has 1 aliphatic carbocycles. The van der Waals surface area contributed by atoms with Crippen molar-refractivity contribution in [2.75, 3.05) is 0 Å². The Morgan fingerprint density at radius 2 is 1.61 bits per heavy atom. The third-order valence-electron chi connectivity index (χ3n) is 3.77. The van der Waals surface area contributed by atoms with E-state index in [1.807, 2.05) is 61.7 Å². The number of aryl methyl sites for hydroxylation is 1. The third-order valence-corrected chi connectivity index (χ3v) is 3.77. The minimum absolute atomic E-state index is 0.757. The number of hydrogen-bond donors (Lipinski definition) is 0. The van der Waals surface area contributed by atoms with Crippen molar-refractivity contribution in [3.05, 3.63) is 83.3 Å². The molecule has 1 aliphatic rings.